The van der Waals surface area contributed by atoms with Crippen LogP contribution in [0.5, 0.6) is 0 Å². The van der Waals surface area contributed by atoms with Crippen LogP contribution in [0.4, 0.5) is 0 Å². The van der Waals surface area contributed by atoms with Crippen molar-refractivity contribution in [3.8, 4) is 0 Å². The van der Waals surface area contributed by atoms with Gasteiger partial charge in [0.05, 0.1) is 5.41 Å². The third-order valence-electron chi connectivity index (χ3n) is 3.46. The van der Waals surface area contributed by atoms with Crippen molar-refractivity contribution >= 4 is 15.8 Å². The topological polar surface area (TPSA) is 71.4 Å². The van der Waals surface area contributed by atoms with Crippen molar-refractivity contribution in [3.05, 3.63) is 35.9 Å². The first-order chi connectivity index (χ1) is 8.82. The van der Waals surface area contributed by atoms with Gasteiger partial charge in [-0.2, -0.15) is 0 Å². The molecule has 0 heterocycles. The predicted molar refractivity (Wildman–Crippen MR) is 75.0 cm³/mol. The quantitative estimate of drug-likeness (QED) is 0.833. The molecule has 0 saturated carbocycles. The maximum absolute atomic E-state index is 11.7. The van der Waals surface area contributed by atoms with Crippen LogP contribution in [0, 0.1) is 0 Å². The van der Waals surface area contributed by atoms with E-state index in [1.54, 1.807) is 24.3 Å². The van der Waals surface area contributed by atoms with E-state index in [-0.39, 0.29) is 5.75 Å². The minimum absolute atomic E-state index is 0.0227. The second-order valence-electron chi connectivity index (χ2n) is 4.84. The number of benzene rings is 1. The second-order valence-corrected chi connectivity index (χ2v) is 7.10. The molecule has 0 radical (unpaired) electrons. The summed E-state index contributed by atoms with van der Waals surface area (Å²) in [7, 11) is -3.06. The van der Waals surface area contributed by atoms with Crippen molar-refractivity contribution in [1.29, 1.82) is 0 Å². The molecule has 106 valence electrons. The van der Waals surface area contributed by atoms with E-state index in [0.717, 1.165) is 5.56 Å². The van der Waals surface area contributed by atoms with Gasteiger partial charge in [-0.25, -0.2) is 8.42 Å². The van der Waals surface area contributed by atoms with Gasteiger partial charge in [0.2, 0.25) is 0 Å². The lowest BCUT2D eigenvalue weighted by Gasteiger charge is -2.28. The van der Waals surface area contributed by atoms with Crippen molar-refractivity contribution in [1.82, 2.24) is 0 Å². The minimum Gasteiger partial charge on any atom is -0.481 e. The van der Waals surface area contributed by atoms with Crippen LogP contribution in [0.25, 0.3) is 0 Å². The van der Waals surface area contributed by atoms with Gasteiger partial charge in [-0.05, 0) is 24.8 Å². The maximum Gasteiger partial charge on any atom is 0.314 e. The molecule has 1 unspecified atom stereocenters. The maximum atomic E-state index is 11.7. The third kappa shape index (κ3) is 4.06. The molecule has 0 fully saturated rings. The number of rotatable bonds is 7. The highest BCUT2D eigenvalue weighted by Gasteiger charge is 2.38. The van der Waals surface area contributed by atoms with Gasteiger partial charge < -0.3 is 5.11 Å². The van der Waals surface area contributed by atoms with Crippen molar-refractivity contribution in [2.24, 2.45) is 0 Å². The third-order valence-corrected chi connectivity index (χ3v) is 4.49. The molecule has 1 aromatic rings. The van der Waals surface area contributed by atoms with Gasteiger partial charge >= 0.3 is 5.97 Å². The molecule has 1 atom stereocenters. The highest BCUT2D eigenvalue weighted by molar-refractivity contribution is 7.90. The van der Waals surface area contributed by atoms with Crippen LogP contribution < -0.4 is 0 Å². The largest absolute Gasteiger partial charge is 0.481 e. The summed E-state index contributed by atoms with van der Waals surface area (Å²) in [6, 6.07) is 9.02. The summed E-state index contributed by atoms with van der Waals surface area (Å²) < 4.78 is 22.3. The fraction of sp³-hybridized carbons (Fsp3) is 0.500. The molecule has 5 heteroatoms. The Morgan fingerprint density at radius 1 is 1.26 bits per heavy atom. The van der Waals surface area contributed by atoms with E-state index >= 15 is 0 Å². The summed E-state index contributed by atoms with van der Waals surface area (Å²) in [6.45, 7) is 1.82. The van der Waals surface area contributed by atoms with Crippen LogP contribution in [-0.4, -0.2) is 31.5 Å². The number of carboxylic acid groups (broad SMARTS) is 1. The Labute approximate surface area is 114 Å². The van der Waals surface area contributed by atoms with E-state index < -0.39 is 21.2 Å². The van der Waals surface area contributed by atoms with Crippen LogP contribution >= 0.6 is 0 Å². The summed E-state index contributed by atoms with van der Waals surface area (Å²) >= 11 is 0. The van der Waals surface area contributed by atoms with Gasteiger partial charge in [-0.3, -0.25) is 4.79 Å². The summed E-state index contributed by atoms with van der Waals surface area (Å²) in [5.41, 5.74) is -0.259. The second kappa shape index (κ2) is 6.19. The first-order valence-electron chi connectivity index (χ1n) is 6.28. The Hall–Kier alpha value is -1.36. The Kier molecular flexibility index (Phi) is 5.11. The van der Waals surface area contributed by atoms with Gasteiger partial charge in [0, 0.05) is 12.0 Å². The Morgan fingerprint density at radius 2 is 1.84 bits per heavy atom. The zero-order valence-electron chi connectivity index (χ0n) is 11.3. The molecule has 0 bridgehead atoms. The van der Waals surface area contributed by atoms with Crippen molar-refractivity contribution < 1.29 is 18.3 Å². The number of hydrogen-bond donors (Lipinski definition) is 1. The van der Waals surface area contributed by atoms with Crippen LogP contribution in [0.2, 0.25) is 0 Å². The van der Waals surface area contributed by atoms with Crippen molar-refractivity contribution in [2.45, 2.75) is 31.6 Å². The van der Waals surface area contributed by atoms with E-state index in [1.165, 1.54) is 6.26 Å². The van der Waals surface area contributed by atoms with Crippen molar-refractivity contribution in [2.75, 3.05) is 12.0 Å². The van der Waals surface area contributed by atoms with Gasteiger partial charge in [0.15, 0.2) is 0 Å². The molecule has 0 amide bonds. The Morgan fingerprint density at radius 3 is 2.26 bits per heavy atom. The van der Waals surface area contributed by atoms with Gasteiger partial charge in [-0.15, -0.1) is 0 Å². The van der Waals surface area contributed by atoms with E-state index in [1.807, 2.05) is 13.0 Å². The summed E-state index contributed by atoms with van der Waals surface area (Å²) in [4.78, 5) is 11.7. The zero-order chi connectivity index (χ0) is 14.5. The number of aliphatic carboxylic acids is 1. The van der Waals surface area contributed by atoms with Crippen LogP contribution in [0.1, 0.15) is 31.7 Å². The summed E-state index contributed by atoms with van der Waals surface area (Å²) in [6.07, 6.45) is 2.30. The molecular weight excluding hydrogens is 264 g/mol. The Balaban J connectivity index is 2.98. The standard InChI is InChI=1S/C14H20O4S/c1-3-14(13(15)16,10-7-11-19(2,17)18)12-8-5-4-6-9-12/h4-6,8-9H,3,7,10-11H2,1-2H3,(H,15,16). The summed E-state index contributed by atoms with van der Waals surface area (Å²) in [5, 5.41) is 9.56. The molecule has 0 aliphatic heterocycles. The molecule has 4 nitrogen and oxygen atoms in total. The fourth-order valence-corrected chi connectivity index (χ4v) is 2.97. The average molecular weight is 284 g/mol. The number of carbonyl (C=O) groups is 1. The molecule has 0 saturated heterocycles. The molecule has 0 aliphatic rings. The Bertz CT molecular complexity index is 522. The number of sulfone groups is 1. The first kappa shape index (κ1) is 15.7. The van der Waals surface area contributed by atoms with E-state index in [9.17, 15) is 18.3 Å². The molecule has 0 aliphatic carbocycles. The molecule has 19 heavy (non-hydrogen) atoms. The molecule has 0 spiro atoms. The van der Waals surface area contributed by atoms with Gasteiger partial charge in [0.25, 0.3) is 0 Å². The number of hydrogen-bond acceptors (Lipinski definition) is 3. The van der Waals surface area contributed by atoms with E-state index in [2.05, 4.69) is 0 Å². The molecule has 1 N–H and O–H groups in total. The predicted octanol–water partition coefficient (Wildman–Crippen LogP) is 2.24. The molecule has 1 rings (SSSR count). The zero-order valence-corrected chi connectivity index (χ0v) is 12.1. The highest BCUT2D eigenvalue weighted by atomic mass is 32.2. The van der Waals surface area contributed by atoms with Crippen LogP contribution in [0.3, 0.4) is 0 Å². The van der Waals surface area contributed by atoms with Gasteiger partial charge in [0.1, 0.15) is 9.84 Å². The van der Waals surface area contributed by atoms with Crippen LogP contribution in [0.15, 0.2) is 30.3 Å². The normalized spacial score (nSPS) is 14.8. The SMILES string of the molecule is CCC(CCCS(C)(=O)=O)(C(=O)O)c1ccccc1. The monoisotopic (exact) mass is 284 g/mol. The van der Waals surface area contributed by atoms with E-state index in [4.69, 9.17) is 0 Å². The van der Waals surface area contributed by atoms with Crippen molar-refractivity contribution in [3.63, 3.8) is 0 Å². The molecule has 1 aromatic carbocycles. The lowest BCUT2D eigenvalue weighted by atomic mass is 9.75. The minimum atomic E-state index is -3.06. The lowest BCUT2D eigenvalue weighted by Crippen LogP contribution is -2.35. The average Bonchev–Trinajstić information content (AvgIpc) is 2.34. The number of carboxylic acids is 1. The highest BCUT2D eigenvalue weighted by Crippen LogP contribution is 2.33. The lowest BCUT2D eigenvalue weighted by molar-refractivity contribution is -0.144. The van der Waals surface area contributed by atoms with E-state index in [0.29, 0.717) is 19.3 Å². The molecular formula is C14H20O4S. The fourth-order valence-electron chi connectivity index (χ4n) is 2.30. The van der Waals surface area contributed by atoms with Crippen LogP contribution in [-0.2, 0) is 20.0 Å². The smallest absolute Gasteiger partial charge is 0.314 e. The molecule has 0 aromatic heterocycles. The summed E-state index contributed by atoms with van der Waals surface area (Å²) in [5.74, 6) is -0.871. The first-order valence-corrected chi connectivity index (χ1v) is 8.34. The van der Waals surface area contributed by atoms with Gasteiger partial charge in [-0.1, -0.05) is 37.3 Å².